The smallest absolute Gasteiger partial charge is 0.161 e. The number of benzene rings is 1. The second-order valence-electron chi connectivity index (χ2n) is 9.64. The van der Waals surface area contributed by atoms with Gasteiger partial charge in [0, 0.05) is 36.7 Å². The number of nitrogens with two attached hydrogens (primary N) is 1. The van der Waals surface area contributed by atoms with Crippen LogP contribution in [0.3, 0.4) is 0 Å². The van der Waals surface area contributed by atoms with Gasteiger partial charge in [0.15, 0.2) is 11.5 Å². The van der Waals surface area contributed by atoms with E-state index >= 15 is 0 Å². The van der Waals surface area contributed by atoms with E-state index in [0.29, 0.717) is 18.3 Å². The Balaban J connectivity index is 1.49. The lowest BCUT2D eigenvalue weighted by atomic mass is 10.1. The van der Waals surface area contributed by atoms with Crippen LogP contribution in [0, 0.1) is 0 Å². The van der Waals surface area contributed by atoms with Crippen molar-refractivity contribution >= 4 is 0 Å². The van der Waals surface area contributed by atoms with Gasteiger partial charge in [-0.05, 0) is 67.1 Å². The van der Waals surface area contributed by atoms with E-state index in [1.807, 2.05) is 24.4 Å². The van der Waals surface area contributed by atoms with Crippen LogP contribution in [0.2, 0.25) is 0 Å². The van der Waals surface area contributed by atoms with Gasteiger partial charge in [-0.3, -0.25) is 0 Å². The van der Waals surface area contributed by atoms with E-state index < -0.39 is 0 Å². The molecule has 3 rings (SSSR count). The van der Waals surface area contributed by atoms with E-state index in [-0.39, 0.29) is 12.4 Å². The number of aromatic hydroxyl groups is 1. The van der Waals surface area contributed by atoms with Crippen LogP contribution >= 0.6 is 0 Å². The summed E-state index contributed by atoms with van der Waals surface area (Å²) in [6, 6.07) is 9.66. The molecular formula is C29H42N2O4. The van der Waals surface area contributed by atoms with Crippen molar-refractivity contribution < 1.29 is 19.4 Å². The summed E-state index contributed by atoms with van der Waals surface area (Å²) in [5.74, 6) is 2.93. The predicted octanol–water partition coefficient (Wildman–Crippen LogP) is 5.79. The summed E-state index contributed by atoms with van der Waals surface area (Å²) < 4.78 is 12.0. The van der Waals surface area contributed by atoms with Gasteiger partial charge in [-0.2, -0.15) is 0 Å². The molecule has 0 unspecified atom stereocenters. The van der Waals surface area contributed by atoms with Crippen LogP contribution in [0.15, 0.2) is 40.9 Å². The average molecular weight is 483 g/mol. The number of H-pyrrole nitrogens is 1. The van der Waals surface area contributed by atoms with E-state index in [1.165, 1.54) is 18.4 Å². The minimum Gasteiger partial charge on any atom is -0.504 e. The molecule has 2 aromatic heterocycles. The summed E-state index contributed by atoms with van der Waals surface area (Å²) in [6.07, 6.45) is 10.8. The van der Waals surface area contributed by atoms with Crippen LogP contribution in [0.1, 0.15) is 85.8 Å². The van der Waals surface area contributed by atoms with Crippen LogP contribution in [-0.2, 0) is 32.3 Å². The summed E-state index contributed by atoms with van der Waals surface area (Å²) in [6.45, 7) is 5.60. The Morgan fingerprint density at radius 3 is 2.51 bits per heavy atom. The molecule has 5 N–H and O–H groups in total. The number of hydrogen-bond donors (Lipinski definition) is 4. The molecule has 0 amide bonds. The highest BCUT2D eigenvalue weighted by molar-refractivity contribution is 5.42. The summed E-state index contributed by atoms with van der Waals surface area (Å²) in [5, 5.41) is 20.0. The number of nitrogens with one attached hydrogen (secondary N) is 1. The molecule has 192 valence electrons. The zero-order valence-electron chi connectivity index (χ0n) is 21.3. The number of furan rings is 1. The molecule has 3 aromatic rings. The Labute approximate surface area is 209 Å². The lowest BCUT2D eigenvalue weighted by Gasteiger charge is -2.10. The maximum Gasteiger partial charge on any atom is 0.161 e. The third kappa shape index (κ3) is 8.48. The number of hydrogen-bond acceptors (Lipinski definition) is 5. The Morgan fingerprint density at radius 2 is 1.77 bits per heavy atom. The van der Waals surface area contributed by atoms with Gasteiger partial charge in [0.25, 0.3) is 0 Å². The van der Waals surface area contributed by atoms with Crippen LogP contribution < -0.4 is 10.5 Å². The zero-order chi connectivity index (χ0) is 25.0. The molecule has 0 saturated heterocycles. The topological polar surface area (TPSA) is 105 Å². The summed E-state index contributed by atoms with van der Waals surface area (Å²) in [5.41, 5.74) is 9.94. The van der Waals surface area contributed by atoms with Crippen molar-refractivity contribution in [2.45, 2.75) is 84.2 Å². The van der Waals surface area contributed by atoms with Gasteiger partial charge in [-0.15, -0.1) is 0 Å². The van der Waals surface area contributed by atoms with Crippen LogP contribution in [0.4, 0.5) is 0 Å². The van der Waals surface area contributed by atoms with Crippen molar-refractivity contribution in [3.05, 3.63) is 70.4 Å². The largest absolute Gasteiger partial charge is 0.504 e. The molecule has 35 heavy (non-hydrogen) atoms. The SMILES string of the molecule is CC(C)c1c[nH]c(CCOc2cc(CCc3cc(CO)c(CCCCCCCN)o3)ccc2O)c1. The number of phenols is 1. The third-order valence-electron chi connectivity index (χ3n) is 6.47. The minimum absolute atomic E-state index is 0.00266. The van der Waals surface area contributed by atoms with Crippen molar-refractivity contribution in [3.8, 4) is 11.5 Å². The number of ether oxygens (including phenoxy) is 1. The Bertz CT molecular complexity index is 1020. The first-order valence-electron chi connectivity index (χ1n) is 13.0. The third-order valence-corrected chi connectivity index (χ3v) is 6.47. The van der Waals surface area contributed by atoms with Crippen LogP contribution in [0.25, 0.3) is 0 Å². The molecule has 0 radical (unpaired) electrons. The first kappa shape index (κ1) is 26.9. The monoisotopic (exact) mass is 482 g/mol. The van der Waals surface area contributed by atoms with Gasteiger partial charge in [-0.1, -0.05) is 39.2 Å². The molecule has 2 heterocycles. The number of aromatic amines is 1. The van der Waals surface area contributed by atoms with Gasteiger partial charge in [0.1, 0.15) is 11.5 Å². The quantitative estimate of drug-likeness (QED) is 0.194. The summed E-state index contributed by atoms with van der Waals surface area (Å²) >= 11 is 0. The van der Waals surface area contributed by atoms with Crippen molar-refractivity contribution in [1.82, 2.24) is 4.98 Å². The van der Waals surface area contributed by atoms with E-state index in [4.69, 9.17) is 14.9 Å². The first-order chi connectivity index (χ1) is 17.0. The molecule has 0 bridgehead atoms. The van der Waals surface area contributed by atoms with Gasteiger partial charge in [-0.25, -0.2) is 0 Å². The van der Waals surface area contributed by atoms with Crippen molar-refractivity contribution in [2.75, 3.05) is 13.2 Å². The number of aryl methyl sites for hydroxylation is 3. The highest BCUT2D eigenvalue weighted by Crippen LogP contribution is 2.28. The maximum atomic E-state index is 10.2. The number of unbranched alkanes of at least 4 members (excludes halogenated alkanes) is 4. The van der Waals surface area contributed by atoms with Crippen molar-refractivity contribution in [3.63, 3.8) is 0 Å². The van der Waals surface area contributed by atoms with E-state index in [2.05, 4.69) is 24.9 Å². The first-order valence-corrected chi connectivity index (χ1v) is 13.0. The van der Waals surface area contributed by atoms with E-state index in [9.17, 15) is 10.2 Å². The number of aliphatic hydroxyl groups excluding tert-OH is 1. The molecule has 0 saturated carbocycles. The average Bonchev–Trinajstić information content (AvgIpc) is 3.48. The highest BCUT2D eigenvalue weighted by Gasteiger charge is 2.12. The van der Waals surface area contributed by atoms with E-state index in [1.54, 1.807) is 6.07 Å². The summed E-state index contributed by atoms with van der Waals surface area (Å²) in [7, 11) is 0. The summed E-state index contributed by atoms with van der Waals surface area (Å²) in [4.78, 5) is 3.30. The van der Waals surface area contributed by atoms with Gasteiger partial charge in [0.2, 0.25) is 0 Å². The Kier molecular flexibility index (Phi) is 10.8. The molecule has 0 aliphatic heterocycles. The molecule has 1 aromatic carbocycles. The fourth-order valence-corrected chi connectivity index (χ4v) is 4.26. The lowest BCUT2D eigenvalue weighted by Crippen LogP contribution is -2.02. The van der Waals surface area contributed by atoms with Crippen molar-refractivity contribution in [1.29, 1.82) is 0 Å². The van der Waals surface area contributed by atoms with Crippen LogP contribution in [0.5, 0.6) is 11.5 Å². The Hall–Kier alpha value is -2.70. The molecule has 0 aliphatic rings. The van der Waals surface area contributed by atoms with Gasteiger partial charge in [0.05, 0.1) is 13.2 Å². The highest BCUT2D eigenvalue weighted by atomic mass is 16.5. The molecule has 6 nitrogen and oxygen atoms in total. The minimum atomic E-state index is 0.00266. The molecule has 0 fully saturated rings. The molecule has 0 spiro atoms. The zero-order valence-corrected chi connectivity index (χ0v) is 21.3. The Morgan fingerprint density at radius 1 is 0.971 bits per heavy atom. The normalized spacial score (nSPS) is 11.5. The lowest BCUT2D eigenvalue weighted by molar-refractivity contribution is 0.277. The van der Waals surface area contributed by atoms with Gasteiger partial charge < -0.3 is 30.1 Å². The van der Waals surface area contributed by atoms with E-state index in [0.717, 1.165) is 79.8 Å². The maximum absolute atomic E-state index is 10.2. The van der Waals surface area contributed by atoms with Gasteiger partial charge >= 0.3 is 0 Å². The second kappa shape index (κ2) is 14.0. The number of aromatic nitrogens is 1. The molecule has 6 heteroatoms. The number of aliphatic hydroxyl groups is 1. The molecular weight excluding hydrogens is 440 g/mol. The molecule has 0 aliphatic carbocycles. The predicted molar refractivity (Wildman–Crippen MR) is 140 cm³/mol. The fraction of sp³-hybridized carbons (Fsp3) is 0.517. The second-order valence-corrected chi connectivity index (χ2v) is 9.64. The molecule has 0 atom stereocenters. The van der Waals surface area contributed by atoms with Crippen LogP contribution in [-0.4, -0.2) is 28.3 Å². The number of phenolic OH excluding ortho intramolecular Hbond substituents is 1. The van der Waals surface area contributed by atoms with Crippen molar-refractivity contribution in [2.24, 2.45) is 5.73 Å². The standard InChI is InChI=1S/C29H42N2O4/c1-21(2)23-17-25(31-19-23)13-15-34-29-16-22(10-12-27(29)33)9-11-26-18-24(20-32)28(35-26)8-6-4-3-5-7-14-30/h10,12,16-19,21,31-33H,3-9,11,13-15,20,30H2,1-2H3. The number of rotatable bonds is 16. The fourth-order valence-electron chi connectivity index (χ4n) is 4.26.